The number of hydrogen-bond acceptors (Lipinski definition) is 2. The van der Waals surface area contributed by atoms with Gasteiger partial charge in [0, 0.05) is 31.2 Å². The van der Waals surface area contributed by atoms with Gasteiger partial charge in [0.1, 0.15) is 11.6 Å². The van der Waals surface area contributed by atoms with E-state index in [-0.39, 0.29) is 5.82 Å². The van der Waals surface area contributed by atoms with Gasteiger partial charge in [-0.2, -0.15) is 0 Å². The third-order valence-electron chi connectivity index (χ3n) is 3.48. The monoisotopic (exact) mass is 303 g/mol. The highest BCUT2D eigenvalue weighted by molar-refractivity contribution is 6.17. The zero-order chi connectivity index (χ0) is 14.7. The van der Waals surface area contributed by atoms with Gasteiger partial charge in [0.25, 0.3) is 0 Å². The average molecular weight is 304 g/mol. The van der Waals surface area contributed by atoms with E-state index in [2.05, 4.69) is 14.5 Å². The molecule has 5 heteroatoms. The van der Waals surface area contributed by atoms with Crippen LogP contribution >= 0.6 is 11.6 Å². The van der Waals surface area contributed by atoms with Gasteiger partial charge in [-0.05, 0) is 42.3 Å². The topological polar surface area (TPSA) is 30.7 Å². The van der Waals surface area contributed by atoms with Gasteiger partial charge in [-0.15, -0.1) is 11.6 Å². The van der Waals surface area contributed by atoms with Crippen LogP contribution in [-0.4, -0.2) is 20.4 Å². The summed E-state index contributed by atoms with van der Waals surface area (Å²) >= 11 is 5.85. The molecule has 1 aromatic carbocycles. The number of benzene rings is 1. The lowest BCUT2D eigenvalue weighted by atomic mass is 10.2. The van der Waals surface area contributed by atoms with Crippen molar-refractivity contribution in [3.05, 3.63) is 59.9 Å². The first-order chi connectivity index (χ1) is 10.3. The van der Waals surface area contributed by atoms with Crippen LogP contribution in [0.25, 0.3) is 11.0 Å². The zero-order valence-corrected chi connectivity index (χ0v) is 12.2. The summed E-state index contributed by atoms with van der Waals surface area (Å²) in [7, 11) is 0. The Morgan fingerprint density at radius 2 is 1.90 bits per heavy atom. The summed E-state index contributed by atoms with van der Waals surface area (Å²) in [5, 5.41) is 0. The molecule has 0 unspecified atom stereocenters. The van der Waals surface area contributed by atoms with Crippen molar-refractivity contribution in [2.75, 3.05) is 5.88 Å². The van der Waals surface area contributed by atoms with Crippen LogP contribution in [0.4, 0.5) is 4.39 Å². The lowest BCUT2D eigenvalue weighted by Crippen LogP contribution is -2.07. The Kier molecular flexibility index (Phi) is 4.15. The normalized spacial score (nSPS) is 11.1. The molecule has 0 aliphatic rings. The zero-order valence-electron chi connectivity index (χ0n) is 11.5. The molecular weight excluding hydrogens is 289 g/mol. The molecule has 0 saturated heterocycles. The Hall–Kier alpha value is -1.94. The SMILES string of the molecule is Fc1ccc2nc(CCCl)n(CCc3ccncc3)c2c1. The highest BCUT2D eigenvalue weighted by Crippen LogP contribution is 2.19. The summed E-state index contributed by atoms with van der Waals surface area (Å²) < 4.78 is 15.6. The minimum absolute atomic E-state index is 0.245. The number of aryl methyl sites for hydroxylation is 3. The smallest absolute Gasteiger partial charge is 0.125 e. The van der Waals surface area contributed by atoms with Gasteiger partial charge in [0.05, 0.1) is 11.0 Å². The molecule has 3 rings (SSSR count). The van der Waals surface area contributed by atoms with Crippen LogP contribution in [0.3, 0.4) is 0 Å². The second-order valence-electron chi connectivity index (χ2n) is 4.86. The van der Waals surface area contributed by atoms with Crippen LogP contribution in [0.1, 0.15) is 11.4 Å². The number of rotatable bonds is 5. The lowest BCUT2D eigenvalue weighted by Gasteiger charge is -2.08. The molecule has 0 spiro atoms. The summed E-state index contributed by atoms with van der Waals surface area (Å²) in [5.74, 6) is 1.16. The Balaban J connectivity index is 1.94. The van der Waals surface area contributed by atoms with Crippen molar-refractivity contribution < 1.29 is 4.39 Å². The molecular formula is C16H15ClFN3. The van der Waals surface area contributed by atoms with Crippen molar-refractivity contribution in [2.24, 2.45) is 0 Å². The number of hydrogen-bond donors (Lipinski definition) is 0. The van der Waals surface area contributed by atoms with Crippen molar-refractivity contribution in [2.45, 2.75) is 19.4 Å². The Morgan fingerprint density at radius 1 is 1.10 bits per heavy atom. The molecule has 0 aliphatic heterocycles. The van der Waals surface area contributed by atoms with Gasteiger partial charge in [-0.25, -0.2) is 9.37 Å². The van der Waals surface area contributed by atoms with Gasteiger partial charge in [-0.1, -0.05) is 0 Å². The summed E-state index contributed by atoms with van der Waals surface area (Å²) in [6.07, 6.45) is 5.08. The van der Waals surface area contributed by atoms with Gasteiger partial charge in [0.15, 0.2) is 0 Å². The Morgan fingerprint density at radius 3 is 2.67 bits per heavy atom. The molecule has 3 nitrogen and oxygen atoms in total. The molecule has 0 radical (unpaired) electrons. The van der Waals surface area contributed by atoms with Gasteiger partial charge >= 0.3 is 0 Å². The fraction of sp³-hybridized carbons (Fsp3) is 0.250. The number of imidazole rings is 1. The molecule has 0 fully saturated rings. The van der Waals surface area contributed by atoms with Crippen LogP contribution < -0.4 is 0 Å². The van der Waals surface area contributed by atoms with E-state index in [1.54, 1.807) is 18.5 Å². The molecule has 2 aromatic heterocycles. The highest BCUT2D eigenvalue weighted by atomic mass is 35.5. The predicted molar refractivity (Wildman–Crippen MR) is 82.1 cm³/mol. The first-order valence-electron chi connectivity index (χ1n) is 6.87. The fourth-order valence-electron chi connectivity index (χ4n) is 2.46. The largest absolute Gasteiger partial charge is 0.328 e. The summed E-state index contributed by atoms with van der Waals surface area (Å²) in [6, 6.07) is 8.66. The van der Waals surface area contributed by atoms with Crippen molar-refractivity contribution >= 4 is 22.6 Å². The first kappa shape index (κ1) is 14.0. The first-order valence-corrected chi connectivity index (χ1v) is 7.41. The number of nitrogens with zero attached hydrogens (tertiary/aromatic N) is 3. The third kappa shape index (κ3) is 3.05. The molecule has 0 aliphatic carbocycles. The Labute approximate surface area is 127 Å². The van der Waals surface area contributed by atoms with E-state index >= 15 is 0 Å². The maximum atomic E-state index is 13.5. The third-order valence-corrected chi connectivity index (χ3v) is 3.67. The lowest BCUT2D eigenvalue weighted by molar-refractivity contribution is 0.626. The summed E-state index contributed by atoms with van der Waals surface area (Å²) in [4.78, 5) is 8.57. The summed E-state index contributed by atoms with van der Waals surface area (Å²) in [5.41, 5.74) is 2.83. The molecule has 108 valence electrons. The van der Waals surface area contributed by atoms with E-state index in [0.29, 0.717) is 12.3 Å². The average Bonchev–Trinajstić information content (AvgIpc) is 2.83. The minimum atomic E-state index is -0.245. The van der Waals surface area contributed by atoms with Gasteiger partial charge in [-0.3, -0.25) is 4.98 Å². The van der Waals surface area contributed by atoms with Crippen molar-refractivity contribution in [3.63, 3.8) is 0 Å². The van der Waals surface area contributed by atoms with Gasteiger partial charge < -0.3 is 4.57 Å². The van der Waals surface area contributed by atoms with Crippen LogP contribution in [0.15, 0.2) is 42.7 Å². The second-order valence-corrected chi connectivity index (χ2v) is 5.24. The molecule has 0 saturated carbocycles. The maximum Gasteiger partial charge on any atom is 0.125 e. The number of alkyl halides is 1. The van der Waals surface area contributed by atoms with Crippen LogP contribution in [0.2, 0.25) is 0 Å². The second kappa shape index (κ2) is 6.22. The van der Waals surface area contributed by atoms with E-state index < -0.39 is 0 Å². The quantitative estimate of drug-likeness (QED) is 0.674. The van der Waals surface area contributed by atoms with E-state index in [1.807, 2.05) is 12.1 Å². The summed E-state index contributed by atoms with van der Waals surface area (Å²) in [6.45, 7) is 0.746. The van der Waals surface area contributed by atoms with Crippen LogP contribution in [-0.2, 0) is 19.4 Å². The fourth-order valence-corrected chi connectivity index (χ4v) is 2.63. The molecule has 0 atom stereocenters. The standard InChI is InChI=1S/C16H15ClFN3/c17-7-3-16-20-14-2-1-13(18)11-15(14)21(16)10-6-12-4-8-19-9-5-12/h1-2,4-5,8-9,11H,3,6-7,10H2. The van der Waals surface area contributed by atoms with Crippen LogP contribution in [0.5, 0.6) is 0 Å². The van der Waals surface area contributed by atoms with Crippen molar-refractivity contribution in [1.29, 1.82) is 0 Å². The van der Waals surface area contributed by atoms with Gasteiger partial charge in [0.2, 0.25) is 0 Å². The highest BCUT2D eigenvalue weighted by Gasteiger charge is 2.11. The minimum Gasteiger partial charge on any atom is -0.328 e. The molecule has 0 N–H and O–H groups in total. The van der Waals surface area contributed by atoms with Crippen LogP contribution in [0, 0.1) is 5.82 Å². The molecule has 2 heterocycles. The van der Waals surface area contributed by atoms with E-state index in [4.69, 9.17) is 11.6 Å². The maximum absolute atomic E-state index is 13.5. The van der Waals surface area contributed by atoms with E-state index in [1.165, 1.54) is 17.7 Å². The number of aromatic nitrogens is 3. The van der Waals surface area contributed by atoms with E-state index in [0.717, 1.165) is 29.8 Å². The Bertz CT molecular complexity index is 740. The van der Waals surface area contributed by atoms with E-state index in [9.17, 15) is 4.39 Å². The number of fused-ring (bicyclic) bond motifs is 1. The molecule has 0 bridgehead atoms. The number of pyridine rings is 1. The number of halogens is 2. The molecule has 0 amide bonds. The molecule has 21 heavy (non-hydrogen) atoms. The molecule has 3 aromatic rings. The van der Waals surface area contributed by atoms with Crippen molar-refractivity contribution in [3.8, 4) is 0 Å². The van der Waals surface area contributed by atoms with Crippen molar-refractivity contribution in [1.82, 2.24) is 14.5 Å². The predicted octanol–water partition coefficient (Wildman–Crippen LogP) is 3.59.